The highest BCUT2D eigenvalue weighted by Gasteiger charge is 2.51. The molecule has 2 aliphatic rings. The molecule has 1 aromatic rings. The monoisotopic (exact) mass is 263 g/mol. The van der Waals surface area contributed by atoms with E-state index in [0.29, 0.717) is 12.5 Å². The van der Waals surface area contributed by atoms with Gasteiger partial charge in [0.15, 0.2) is 0 Å². The van der Waals surface area contributed by atoms with Crippen molar-refractivity contribution < 1.29 is 14.6 Å². The van der Waals surface area contributed by atoms with Gasteiger partial charge in [0.25, 0.3) is 0 Å². The summed E-state index contributed by atoms with van der Waals surface area (Å²) < 4.78 is 10.8. The van der Waals surface area contributed by atoms with Crippen molar-refractivity contribution in [3.63, 3.8) is 0 Å². The van der Waals surface area contributed by atoms with Crippen LogP contribution < -0.4 is 9.47 Å². The van der Waals surface area contributed by atoms with E-state index >= 15 is 0 Å². The van der Waals surface area contributed by atoms with Gasteiger partial charge in [-0.25, -0.2) is 0 Å². The maximum atomic E-state index is 10.2. The maximum Gasteiger partial charge on any atom is 0.119 e. The highest BCUT2D eigenvalue weighted by Crippen LogP contribution is 2.44. The van der Waals surface area contributed by atoms with Crippen molar-refractivity contribution in [1.82, 2.24) is 4.90 Å². The molecule has 0 amide bonds. The van der Waals surface area contributed by atoms with Gasteiger partial charge in [0.1, 0.15) is 18.1 Å². The van der Waals surface area contributed by atoms with Gasteiger partial charge in [-0.2, -0.15) is 0 Å². The van der Waals surface area contributed by atoms with Gasteiger partial charge in [-0.05, 0) is 43.0 Å². The fourth-order valence-electron chi connectivity index (χ4n) is 2.73. The van der Waals surface area contributed by atoms with E-state index in [4.69, 9.17) is 9.47 Å². The largest absolute Gasteiger partial charge is 0.497 e. The second-order valence-electron chi connectivity index (χ2n) is 5.61. The number of β-amino-alcohol motifs (C(OH)–C–C–N with tert-alkyl or cyclic N) is 1. The lowest BCUT2D eigenvalue weighted by Crippen LogP contribution is -2.63. The Morgan fingerprint density at radius 3 is 2.42 bits per heavy atom. The molecule has 0 spiro atoms. The Morgan fingerprint density at radius 1 is 1.21 bits per heavy atom. The first-order chi connectivity index (χ1) is 9.19. The highest BCUT2D eigenvalue weighted by atomic mass is 16.5. The molecule has 1 aliphatic carbocycles. The molecule has 1 N–H and O–H groups in total. The van der Waals surface area contributed by atoms with Gasteiger partial charge in [-0.15, -0.1) is 0 Å². The minimum absolute atomic E-state index is 0.389. The van der Waals surface area contributed by atoms with Gasteiger partial charge in [-0.3, -0.25) is 4.90 Å². The van der Waals surface area contributed by atoms with Crippen molar-refractivity contribution >= 4 is 0 Å². The highest BCUT2D eigenvalue weighted by molar-refractivity contribution is 5.31. The number of benzene rings is 1. The molecule has 2 fully saturated rings. The van der Waals surface area contributed by atoms with Crippen LogP contribution >= 0.6 is 0 Å². The van der Waals surface area contributed by atoms with Crippen LogP contribution in [0.5, 0.6) is 11.5 Å². The fourth-order valence-corrected chi connectivity index (χ4v) is 2.73. The zero-order valence-corrected chi connectivity index (χ0v) is 11.3. The van der Waals surface area contributed by atoms with Crippen LogP contribution in [0.1, 0.15) is 12.8 Å². The summed E-state index contributed by atoms with van der Waals surface area (Å²) in [5, 5.41) is 10.2. The van der Waals surface area contributed by atoms with Gasteiger partial charge in [0.05, 0.1) is 12.7 Å². The zero-order chi connectivity index (χ0) is 13.3. The lowest BCUT2D eigenvalue weighted by Gasteiger charge is -2.47. The third-order valence-corrected chi connectivity index (χ3v) is 4.07. The van der Waals surface area contributed by atoms with Crippen molar-refractivity contribution in [2.75, 3.05) is 33.4 Å². The Morgan fingerprint density at radius 2 is 1.84 bits per heavy atom. The molecular formula is C15H21NO3. The second-order valence-corrected chi connectivity index (χ2v) is 5.61. The SMILES string of the molecule is COc1ccc(OCCN2CC(O)(C3CC3)C2)cc1. The van der Waals surface area contributed by atoms with E-state index in [0.717, 1.165) is 31.1 Å². The maximum absolute atomic E-state index is 10.2. The van der Waals surface area contributed by atoms with Crippen LogP contribution in [0.3, 0.4) is 0 Å². The number of hydrogen-bond donors (Lipinski definition) is 1. The number of hydrogen-bond acceptors (Lipinski definition) is 4. The van der Waals surface area contributed by atoms with Gasteiger partial charge in [-0.1, -0.05) is 0 Å². The van der Waals surface area contributed by atoms with Crippen LogP contribution in [-0.2, 0) is 0 Å². The van der Waals surface area contributed by atoms with E-state index < -0.39 is 0 Å². The summed E-state index contributed by atoms with van der Waals surface area (Å²) in [6.45, 7) is 3.15. The van der Waals surface area contributed by atoms with E-state index in [1.54, 1.807) is 7.11 Å². The number of nitrogens with zero attached hydrogens (tertiary/aromatic N) is 1. The van der Waals surface area contributed by atoms with Crippen LogP contribution in [0.2, 0.25) is 0 Å². The zero-order valence-electron chi connectivity index (χ0n) is 11.3. The van der Waals surface area contributed by atoms with Gasteiger partial charge < -0.3 is 14.6 Å². The molecule has 4 nitrogen and oxygen atoms in total. The molecule has 1 saturated heterocycles. The Balaban J connectivity index is 1.37. The van der Waals surface area contributed by atoms with E-state index in [1.165, 1.54) is 12.8 Å². The molecule has 1 heterocycles. The summed E-state index contributed by atoms with van der Waals surface area (Å²) in [6, 6.07) is 7.61. The van der Waals surface area contributed by atoms with Crippen molar-refractivity contribution in [3.05, 3.63) is 24.3 Å². The molecule has 1 aromatic carbocycles. The smallest absolute Gasteiger partial charge is 0.119 e. The summed E-state index contributed by atoms with van der Waals surface area (Å²) >= 11 is 0. The standard InChI is InChI=1S/C15H21NO3/c1-18-13-4-6-14(7-5-13)19-9-8-16-10-15(17,11-16)12-2-3-12/h4-7,12,17H,2-3,8-11H2,1H3. The molecule has 1 saturated carbocycles. The number of methoxy groups -OCH3 is 1. The van der Waals surface area contributed by atoms with Gasteiger partial charge in [0.2, 0.25) is 0 Å². The Bertz CT molecular complexity index is 422. The van der Waals surface area contributed by atoms with Crippen molar-refractivity contribution in [2.24, 2.45) is 5.92 Å². The van der Waals surface area contributed by atoms with Crippen LogP contribution in [-0.4, -0.2) is 49.0 Å². The number of likely N-dealkylation sites (tertiary alicyclic amines) is 1. The molecule has 3 rings (SSSR count). The minimum atomic E-state index is -0.389. The molecule has 19 heavy (non-hydrogen) atoms. The average molecular weight is 263 g/mol. The number of rotatable bonds is 6. The summed E-state index contributed by atoms with van der Waals surface area (Å²) in [7, 11) is 1.65. The Labute approximate surface area is 113 Å². The second kappa shape index (κ2) is 5.02. The van der Waals surface area contributed by atoms with Crippen molar-refractivity contribution in [1.29, 1.82) is 0 Å². The Kier molecular flexibility index (Phi) is 3.37. The number of aliphatic hydroxyl groups is 1. The predicted octanol–water partition coefficient (Wildman–Crippen LogP) is 1.53. The van der Waals surface area contributed by atoms with Crippen LogP contribution in [0.25, 0.3) is 0 Å². The Hall–Kier alpha value is -1.26. The summed E-state index contributed by atoms with van der Waals surface area (Å²) in [6.07, 6.45) is 2.40. The van der Waals surface area contributed by atoms with Crippen molar-refractivity contribution in [3.8, 4) is 11.5 Å². The molecule has 0 atom stereocenters. The van der Waals surface area contributed by atoms with E-state index in [-0.39, 0.29) is 5.60 Å². The third-order valence-electron chi connectivity index (χ3n) is 4.07. The molecular weight excluding hydrogens is 242 g/mol. The molecule has 1 aliphatic heterocycles. The molecule has 4 heteroatoms. The molecule has 0 radical (unpaired) electrons. The average Bonchev–Trinajstić information content (AvgIpc) is 3.22. The first-order valence-corrected chi connectivity index (χ1v) is 6.91. The van der Waals surface area contributed by atoms with E-state index in [1.807, 2.05) is 24.3 Å². The van der Waals surface area contributed by atoms with Gasteiger partial charge >= 0.3 is 0 Å². The fraction of sp³-hybridized carbons (Fsp3) is 0.600. The molecule has 0 aromatic heterocycles. The summed E-state index contributed by atoms with van der Waals surface area (Å²) in [5.41, 5.74) is -0.389. The third kappa shape index (κ3) is 2.85. The molecule has 104 valence electrons. The minimum Gasteiger partial charge on any atom is -0.497 e. The van der Waals surface area contributed by atoms with E-state index in [9.17, 15) is 5.11 Å². The molecule has 0 unspecified atom stereocenters. The first-order valence-electron chi connectivity index (χ1n) is 6.91. The predicted molar refractivity (Wildman–Crippen MR) is 72.6 cm³/mol. The van der Waals surface area contributed by atoms with Crippen molar-refractivity contribution in [2.45, 2.75) is 18.4 Å². The quantitative estimate of drug-likeness (QED) is 0.845. The summed E-state index contributed by atoms with van der Waals surface area (Å²) in [5.74, 6) is 2.26. The van der Waals surface area contributed by atoms with Crippen LogP contribution in [0, 0.1) is 5.92 Å². The lowest BCUT2D eigenvalue weighted by molar-refractivity contribution is -0.115. The normalized spacial score (nSPS) is 21.8. The van der Waals surface area contributed by atoms with E-state index in [2.05, 4.69) is 4.90 Å². The number of ether oxygens (including phenoxy) is 2. The summed E-state index contributed by atoms with van der Waals surface area (Å²) in [4.78, 5) is 2.25. The molecule has 0 bridgehead atoms. The van der Waals surface area contributed by atoms with Gasteiger partial charge in [0, 0.05) is 19.6 Å². The van der Waals surface area contributed by atoms with Crippen LogP contribution in [0.4, 0.5) is 0 Å². The lowest BCUT2D eigenvalue weighted by atomic mass is 9.89. The first kappa shape index (κ1) is 12.8. The van der Waals surface area contributed by atoms with Crippen LogP contribution in [0.15, 0.2) is 24.3 Å². The topological polar surface area (TPSA) is 41.9 Å².